The molecule has 0 aliphatic rings. The van der Waals surface area contributed by atoms with Crippen molar-refractivity contribution in [2.45, 2.75) is 33.1 Å². The fraction of sp³-hybridized carbons (Fsp3) is 0.278. The molecular formula is C18H21. The highest BCUT2D eigenvalue weighted by Crippen LogP contribution is 2.27. The van der Waals surface area contributed by atoms with Crippen molar-refractivity contribution >= 4 is 0 Å². The first-order chi connectivity index (χ1) is 8.68. The molecule has 2 aromatic carbocycles. The van der Waals surface area contributed by atoms with Crippen LogP contribution in [0.25, 0.3) is 0 Å². The van der Waals surface area contributed by atoms with E-state index < -0.39 is 0 Å². The summed E-state index contributed by atoms with van der Waals surface area (Å²) in [4.78, 5) is 0. The summed E-state index contributed by atoms with van der Waals surface area (Å²) in [7, 11) is 0. The van der Waals surface area contributed by atoms with Gasteiger partial charge in [0.25, 0.3) is 0 Å². The minimum atomic E-state index is 0.576. The van der Waals surface area contributed by atoms with Gasteiger partial charge in [0.2, 0.25) is 0 Å². The van der Waals surface area contributed by atoms with Gasteiger partial charge >= 0.3 is 0 Å². The van der Waals surface area contributed by atoms with Crippen LogP contribution in [-0.2, 0) is 6.42 Å². The highest BCUT2D eigenvalue weighted by molar-refractivity contribution is 5.41. The fourth-order valence-corrected chi connectivity index (χ4v) is 2.39. The summed E-state index contributed by atoms with van der Waals surface area (Å²) in [6, 6.07) is 19.4. The molecule has 1 radical (unpaired) electrons. The van der Waals surface area contributed by atoms with Gasteiger partial charge in [0, 0.05) is 5.92 Å². The van der Waals surface area contributed by atoms with Gasteiger partial charge in [-0.25, -0.2) is 0 Å². The van der Waals surface area contributed by atoms with Gasteiger partial charge in [0.05, 0.1) is 0 Å². The van der Waals surface area contributed by atoms with E-state index in [1.807, 2.05) is 0 Å². The van der Waals surface area contributed by atoms with Crippen LogP contribution in [0, 0.1) is 5.92 Å². The van der Waals surface area contributed by atoms with Crippen LogP contribution >= 0.6 is 0 Å². The van der Waals surface area contributed by atoms with Crippen molar-refractivity contribution in [3.8, 4) is 0 Å². The third-order valence-corrected chi connectivity index (χ3v) is 3.35. The van der Waals surface area contributed by atoms with Crippen LogP contribution in [0.2, 0.25) is 0 Å². The molecule has 18 heavy (non-hydrogen) atoms. The first-order valence-electron chi connectivity index (χ1n) is 6.64. The molecule has 0 N–H and O–H groups in total. The number of rotatable bonds is 4. The van der Waals surface area contributed by atoms with E-state index in [4.69, 9.17) is 0 Å². The van der Waals surface area contributed by atoms with Crippen molar-refractivity contribution in [2.75, 3.05) is 0 Å². The second-order valence-corrected chi connectivity index (χ2v) is 5.18. The van der Waals surface area contributed by atoms with Crippen LogP contribution in [0.1, 0.15) is 43.4 Å². The van der Waals surface area contributed by atoms with Crippen molar-refractivity contribution in [1.29, 1.82) is 0 Å². The normalized spacial score (nSPS) is 11.2. The Balaban J connectivity index is 2.21. The van der Waals surface area contributed by atoms with Gasteiger partial charge in [0.15, 0.2) is 0 Å². The van der Waals surface area contributed by atoms with Gasteiger partial charge in [-0.3, -0.25) is 0 Å². The van der Waals surface area contributed by atoms with Gasteiger partial charge in [-0.15, -0.1) is 0 Å². The maximum absolute atomic E-state index is 2.26. The first-order valence-corrected chi connectivity index (χ1v) is 6.64. The molecule has 0 unspecified atom stereocenters. The summed E-state index contributed by atoms with van der Waals surface area (Å²) in [6.45, 7) is 6.76. The van der Waals surface area contributed by atoms with E-state index >= 15 is 0 Å². The van der Waals surface area contributed by atoms with Gasteiger partial charge in [-0.05, 0) is 29.0 Å². The number of hydrogen-bond donors (Lipinski definition) is 0. The lowest BCUT2D eigenvalue weighted by Gasteiger charge is -2.18. The first kappa shape index (κ1) is 12.9. The third kappa shape index (κ3) is 3.01. The SMILES string of the molecule is C[C](Cc1ccccc1)c1ccccc1C(C)C. The standard InChI is InChI=1S/C18H21/c1-14(2)17-11-7-8-12-18(17)15(3)13-16-9-5-4-6-10-16/h4-12,14H,13H2,1-3H3. The predicted molar refractivity (Wildman–Crippen MR) is 78.7 cm³/mol. The summed E-state index contributed by atoms with van der Waals surface area (Å²) in [5.74, 6) is 2.03. The van der Waals surface area contributed by atoms with Crippen molar-refractivity contribution in [3.63, 3.8) is 0 Å². The maximum Gasteiger partial charge on any atom is 0.00653 e. The molecule has 0 spiro atoms. The van der Waals surface area contributed by atoms with Crippen molar-refractivity contribution in [2.24, 2.45) is 0 Å². The van der Waals surface area contributed by atoms with Crippen LogP contribution in [0.15, 0.2) is 54.6 Å². The average molecular weight is 237 g/mol. The molecule has 0 heterocycles. The summed E-state index contributed by atoms with van der Waals surface area (Å²) < 4.78 is 0. The summed E-state index contributed by atoms with van der Waals surface area (Å²) in [5.41, 5.74) is 4.25. The zero-order valence-electron chi connectivity index (χ0n) is 11.5. The molecule has 93 valence electrons. The molecule has 0 fully saturated rings. The topological polar surface area (TPSA) is 0 Å². The van der Waals surface area contributed by atoms with E-state index in [9.17, 15) is 0 Å². The van der Waals surface area contributed by atoms with Gasteiger partial charge in [-0.2, -0.15) is 0 Å². The molecule has 0 saturated carbocycles. The molecule has 0 heteroatoms. The largest absolute Gasteiger partial charge is 0.0622 e. The Morgan fingerprint density at radius 1 is 0.889 bits per heavy atom. The zero-order chi connectivity index (χ0) is 13.0. The number of benzene rings is 2. The Bertz CT molecular complexity index is 482. The van der Waals surface area contributed by atoms with Gasteiger partial charge < -0.3 is 0 Å². The lowest BCUT2D eigenvalue weighted by Crippen LogP contribution is -2.04. The van der Waals surface area contributed by atoms with Crippen LogP contribution < -0.4 is 0 Å². The third-order valence-electron chi connectivity index (χ3n) is 3.35. The second kappa shape index (κ2) is 5.86. The van der Waals surface area contributed by atoms with E-state index in [2.05, 4.69) is 75.4 Å². The molecule has 2 aromatic rings. The smallest absolute Gasteiger partial charge is 0.00653 e. The van der Waals surface area contributed by atoms with Crippen molar-refractivity contribution < 1.29 is 0 Å². The fourth-order valence-electron chi connectivity index (χ4n) is 2.39. The van der Waals surface area contributed by atoms with E-state index in [1.165, 1.54) is 22.6 Å². The van der Waals surface area contributed by atoms with Crippen LogP contribution in [0.5, 0.6) is 0 Å². The molecular weight excluding hydrogens is 216 g/mol. The average Bonchev–Trinajstić information content (AvgIpc) is 2.40. The molecule has 0 atom stereocenters. The highest BCUT2D eigenvalue weighted by atomic mass is 14.2. The Morgan fingerprint density at radius 2 is 1.50 bits per heavy atom. The molecule has 2 rings (SSSR count). The maximum atomic E-state index is 2.26. The molecule has 0 nitrogen and oxygen atoms in total. The summed E-state index contributed by atoms with van der Waals surface area (Å²) in [5, 5.41) is 0. The highest BCUT2D eigenvalue weighted by Gasteiger charge is 2.13. The Labute approximate surface area is 111 Å². The van der Waals surface area contributed by atoms with Gasteiger partial charge in [0.1, 0.15) is 0 Å². The lowest BCUT2D eigenvalue weighted by molar-refractivity contribution is 0.839. The minimum absolute atomic E-state index is 0.576. The number of hydrogen-bond acceptors (Lipinski definition) is 0. The monoisotopic (exact) mass is 237 g/mol. The van der Waals surface area contributed by atoms with Crippen LogP contribution in [0.3, 0.4) is 0 Å². The zero-order valence-corrected chi connectivity index (χ0v) is 11.5. The molecule has 0 aromatic heterocycles. The van der Waals surface area contributed by atoms with Crippen LogP contribution in [-0.4, -0.2) is 0 Å². The Hall–Kier alpha value is -1.56. The summed E-state index contributed by atoms with van der Waals surface area (Å²) in [6.07, 6.45) is 1.03. The molecule has 0 aliphatic heterocycles. The summed E-state index contributed by atoms with van der Waals surface area (Å²) >= 11 is 0. The van der Waals surface area contributed by atoms with Crippen molar-refractivity contribution in [3.05, 3.63) is 77.2 Å². The van der Waals surface area contributed by atoms with Crippen LogP contribution in [0.4, 0.5) is 0 Å². The van der Waals surface area contributed by atoms with E-state index in [0.717, 1.165) is 6.42 Å². The van der Waals surface area contributed by atoms with Gasteiger partial charge in [-0.1, -0.05) is 75.4 Å². The van der Waals surface area contributed by atoms with E-state index in [0.29, 0.717) is 5.92 Å². The molecule has 0 amide bonds. The van der Waals surface area contributed by atoms with Crippen molar-refractivity contribution in [1.82, 2.24) is 0 Å². The minimum Gasteiger partial charge on any atom is -0.0622 e. The molecule has 0 saturated heterocycles. The Morgan fingerprint density at radius 3 is 2.17 bits per heavy atom. The predicted octanol–water partition coefficient (Wildman–Crippen LogP) is 5.00. The molecule has 0 bridgehead atoms. The van der Waals surface area contributed by atoms with E-state index in [-0.39, 0.29) is 0 Å². The molecule has 0 aliphatic carbocycles. The van der Waals surface area contributed by atoms with E-state index in [1.54, 1.807) is 0 Å². The second-order valence-electron chi connectivity index (χ2n) is 5.18. The Kier molecular flexibility index (Phi) is 4.19. The lowest BCUT2D eigenvalue weighted by atomic mass is 9.86. The quantitative estimate of drug-likeness (QED) is 0.702.